The van der Waals surface area contributed by atoms with Crippen LogP contribution in [0.4, 0.5) is 11.4 Å². The number of rotatable bonds is 6. The standard InChI is InChI=1S/C29H29N7O2/c1-17(27-30-11-10-21(32-27)18-6-7-18)31-26-20-4-2-3-5-22(20)35-29(37)25(26)28-33-23-9-8-19(16-24(23)34-28)36-12-14-38-15-13-36/h2-5,8-11,16-18H,6-7,12-15H2,1H3,(H,33,34)(H2,31,35,37)/t17-/m0/s1. The fraction of sp³-hybridized carbons (Fsp3) is 0.310. The largest absolute Gasteiger partial charge is 0.378 e. The minimum absolute atomic E-state index is 0.210. The predicted molar refractivity (Wildman–Crippen MR) is 149 cm³/mol. The van der Waals surface area contributed by atoms with Crippen LogP contribution in [0, 0.1) is 0 Å². The summed E-state index contributed by atoms with van der Waals surface area (Å²) in [5.41, 5.74) is 5.63. The number of nitrogens with zero attached hydrogens (tertiary/aromatic N) is 4. The van der Waals surface area contributed by atoms with Crippen molar-refractivity contribution in [3.05, 3.63) is 76.6 Å². The van der Waals surface area contributed by atoms with E-state index in [0.29, 0.717) is 28.8 Å². The molecule has 7 rings (SSSR count). The van der Waals surface area contributed by atoms with Gasteiger partial charge >= 0.3 is 0 Å². The van der Waals surface area contributed by atoms with Crippen LogP contribution in [0.15, 0.2) is 59.5 Å². The van der Waals surface area contributed by atoms with E-state index in [0.717, 1.165) is 59.6 Å². The zero-order chi connectivity index (χ0) is 25.6. The molecule has 9 heteroatoms. The van der Waals surface area contributed by atoms with Gasteiger partial charge in [0.25, 0.3) is 5.56 Å². The van der Waals surface area contributed by atoms with Crippen molar-refractivity contribution in [2.75, 3.05) is 36.5 Å². The Morgan fingerprint density at radius 3 is 2.71 bits per heavy atom. The van der Waals surface area contributed by atoms with Crippen LogP contribution in [0.3, 0.4) is 0 Å². The van der Waals surface area contributed by atoms with Gasteiger partial charge in [-0.25, -0.2) is 15.0 Å². The van der Waals surface area contributed by atoms with Crippen LogP contribution < -0.4 is 15.8 Å². The summed E-state index contributed by atoms with van der Waals surface area (Å²) < 4.78 is 5.50. The number of ether oxygens (including phenoxy) is 1. The van der Waals surface area contributed by atoms with E-state index < -0.39 is 0 Å². The van der Waals surface area contributed by atoms with E-state index in [4.69, 9.17) is 14.7 Å². The zero-order valence-electron chi connectivity index (χ0n) is 21.2. The minimum Gasteiger partial charge on any atom is -0.378 e. The lowest BCUT2D eigenvalue weighted by atomic mass is 10.1. The van der Waals surface area contributed by atoms with Gasteiger partial charge in [0.05, 0.1) is 41.5 Å². The van der Waals surface area contributed by atoms with Gasteiger partial charge in [0, 0.05) is 42.0 Å². The van der Waals surface area contributed by atoms with Crippen LogP contribution >= 0.6 is 0 Å². The lowest BCUT2D eigenvalue weighted by Gasteiger charge is -2.28. The molecule has 38 heavy (non-hydrogen) atoms. The van der Waals surface area contributed by atoms with Crippen molar-refractivity contribution in [1.82, 2.24) is 24.9 Å². The quantitative estimate of drug-likeness (QED) is 0.304. The number of nitrogens with one attached hydrogen (secondary N) is 3. The van der Waals surface area contributed by atoms with E-state index in [1.165, 1.54) is 12.8 Å². The smallest absolute Gasteiger partial charge is 0.261 e. The van der Waals surface area contributed by atoms with Crippen molar-refractivity contribution in [3.8, 4) is 11.4 Å². The molecular weight excluding hydrogens is 478 g/mol. The lowest BCUT2D eigenvalue weighted by molar-refractivity contribution is 0.122. The first-order chi connectivity index (χ1) is 18.6. The number of morpholine rings is 1. The molecule has 192 valence electrons. The number of hydrogen-bond acceptors (Lipinski definition) is 7. The van der Waals surface area contributed by atoms with Crippen LogP contribution in [-0.4, -0.2) is 51.2 Å². The number of H-pyrrole nitrogens is 2. The third-order valence-corrected chi connectivity index (χ3v) is 7.44. The van der Waals surface area contributed by atoms with Crippen molar-refractivity contribution >= 4 is 33.3 Å². The van der Waals surface area contributed by atoms with Crippen molar-refractivity contribution in [3.63, 3.8) is 0 Å². The highest BCUT2D eigenvalue weighted by atomic mass is 16.5. The van der Waals surface area contributed by atoms with E-state index in [9.17, 15) is 4.79 Å². The molecule has 2 aliphatic rings. The van der Waals surface area contributed by atoms with Crippen LogP contribution in [0.5, 0.6) is 0 Å². The first-order valence-corrected chi connectivity index (χ1v) is 13.2. The molecule has 0 unspecified atom stereocenters. The van der Waals surface area contributed by atoms with Crippen molar-refractivity contribution in [2.45, 2.75) is 31.7 Å². The number of anilines is 2. The summed E-state index contributed by atoms with van der Waals surface area (Å²) in [4.78, 5) is 36.5. The first-order valence-electron chi connectivity index (χ1n) is 13.2. The number of para-hydroxylation sites is 1. The number of aromatic amines is 2. The molecule has 2 fully saturated rings. The van der Waals surface area contributed by atoms with Crippen LogP contribution in [0.1, 0.15) is 43.2 Å². The topological polar surface area (TPSA) is 112 Å². The second-order valence-electron chi connectivity index (χ2n) is 10.1. The molecule has 1 atom stereocenters. The predicted octanol–water partition coefficient (Wildman–Crippen LogP) is 4.75. The van der Waals surface area contributed by atoms with Crippen molar-refractivity contribution in [1.29, 1.82) is 0 Å². The molecular formula is C29H29N7O2. The Balaban J connectivity index is 1.32. The van der Waals surface area contributed by atoms with Gasteiger partial charge in [-0.1, -0.05) is 18.2 Å². The highest BCUT2D eigenvalue weighted by Gasteiger charge is 2.26. The molecule has 3 aromatic heterocycles. The summed E-state index contributed by atoms with van der Waals surface area (Å²) in [6.07, 6.45) is 4.19. The molecule has 0 spiro atoms. The number of pyridine rings is 1. The summed E-state index contributed by atoms with van der Waals surface area (Å²) in [5.74, 6) is 1.77. The molecule has 9 nitrogen and oxygen atoms in total. The SMILES string of the molecule is C[C@H](Nc1c(-c2nc3ccc(N4CCOCC4)cc3[nH]2)c(=O)[nH]c2ccccc12)c1nccc(C2CC2)n1. The summed E-state index contributed by atoms with van der Waals surface area (Å²) in [6, 6.07) is 15.8. The van der Waals surface area contributed by atoms with Crippen molar-refractivity contribution < 1.29 is 4.74 Å². The maximum atomic E-state index is 13.5. The maximum absolute atomic E-state index is 13.5. The molecule has 1 aliphatic heterocycles. The normalized spacial score (nSPS) is 16.7. The highest BCUT2D eigenvalue weighted by molar-refractivity contribution is 5.99. The van der Waals surface area contributed by atoms with Gasteiger partial charge in [-0.3, -0.25) is 4.79 Å². The van der Waals surface area contributed by atoms with Crippen LogP contribution in [-0.2, 0) is 4.74 Å². The summed E-state index contributed by atoms with van der Waals surface area (Å²) in [6.45, 7) is 5.18. The number of hydrogen-bond donors (Lipinski definition) is 3. The molecule has 0 bridgehead atoms. The molecule has 0 amide bonds. The molecule has 4 heterocycles. The van der Waals surface area contributed by atoms with Gasteiger partial charge in [0.1, 0.15) is 17.2 Å². The van der Waals surface area contributed by atoms with Gasteiger partial charge < -0.3 is 24.9 Å². The van der Waals surface area contributed by atoms with Gasteiger partial charge in [-0.2, -0.15) is 0 Å². The molecule has 1 saturated heterocycles. The van der Waals surface area contributed by atoms with E-state index >= 15 is 0 Å². The first kappa shape index (κ1) is 22.9. The summed E-state index contributed by atoms with van der Waals surface area (Å²) in [5, 5.41) is 4.48. The molecule has 1 aliphatic carbocycles. The minimum atomic E-state index is -0.213. The average Bonchev–Trinajstić information content (AvgIpc) is 3.72. The van der Waals surface area contributed by atoms with Gasteiger partial charge in [0.2, 0.25) is 0 Å². The van der Waals surface area contributed by atoms with Crippen LogP contribution in [0.25, 0.3) is 33.3 Å². The molecule has 2 aromatic carbocycles. The Kier molecular flexibility index (Phi) is 5.58. The van der Waals surface area contributed by atoms with E-state index in [-0.39, 0.29) is 11.6 Å². The van der Waals surface area contributed by atoms with Crippen LogP contribution in [0.2, 0.25) is 0 Å². The molecule has 3 N–H and O–H groups in total. The molecule has 0 radical (unpaired) electrons. The van der Waals surface area contributed by atoms with Crippen molar-refractivity contribution in [2.24, 2.45) is 0 Å². The lowest BCUT2D eigenvalue weighted by Crippen LogP contribution is -2.36. The Bertz CT molecular complexity index is 1700. The van der Waals surface area contributed by atoms with E-state index in [1.807, 2.05) is 49.5 Å². The fourth-order valence-corrected chi connectivity index (χ4v) is 5.24. The fourth-order valence-electron chi connectivity index (χ4n) is 5.24. The van der Waals surface area contributed by atoms with Gasteiger partial charge in [-0.05, 0) is 50.1 Å². The Hall–Kier alpha value is -4.24. The highest BCUT2D eigenvalue weighted by Crippen LogP contribution is 2.39. The Morgan fingerprint density at radius 1 is 1.03 bits per heavy atom. The summed E-state index contributed by atoms with van der Waals surface area (Å²) >= 11 is 0. The average molecular weight is 508 g/mol. The van der Waals surface area contributed by atoms with Gasteiger partial charge in [-0.15, -0.1) is 0 Å². The Morgan fingerprint density at radius 2 is 1.87 bits per heavy atom. The number of aromatic nitrogens is 5. The molecule has 1 saturated carbocycles. The number of imidazole rings is 1. The Labute approximate surface area is 219 Å². The van der Waals surface area contributed by atoms with E-state index in [2.05, 4.69) is 37.3 Å². The monoisotopic (exact) mass is 507 g/mol. The zero-order valence-corrected chi connectivity index (χ0v) is 21.2. The maximum Gasteiger partial charge on any atom is 0.261 e. The third kappa shape index (κ3) is 4.18. The third-order valence-electron chi connectivity index (χ3n) is 7.44. The second kappa shape index (κ2) is 9.25. The summed E-state index contributed by atoms with van der Waals surface area (Å²) in [7, 11) is 0. The number of benzene rings is 2. The van der Waals surface area contributed by atoms with Gasteiger partial charge in [0.15, 0.2) is 0 Å². The second-order valence-corrected chi connectivity index (χ2v) is 10.1. The molecule has 5 aromatic rings. The number of fused-ring (bicyclic) bond motifs is 2. The van der Waals surface area contributed by atoms with E-state index in [1.54, 1.807) is 0 Å².